The van der Waals surface area contributed by atoms with Gasteiger partial charge < -0.3 is 88.2 Å². The highest BCUT2D eigenvalue weighted by Gasteiger charge is 2.41. The number of primary amides is 1. The maximum Gasteiger partial charge on any atom is 0.305 e. The average Bonchev–Trinajstić information content (AvgIpc) is 1.23. The first-order chi connectivity index (χ1) is 60.9. The zero-order valence-electron chi connectivity index (χ0n) is 73.5. The van der Waals surface area contributed by atoms with Crippen LogP contribution in [0, 0.1) is 23.7 Å². The van der Waals surface area contributed by atoms with Crippen molar-refractivity contribution < 1.29 is 92.0 Å². The lowest BCUT2D eigenvalue weighted by Gasteiger charge is -2.34. The highest BCUT2D eigenvalue weighted by atomic mass is 32.2. The van der Waals surface area contributed by atoms with Crippen molar-refractivity contribution >= 4 is 117 Å². The lowest BCUT2D eigenvalue weighted by Crippen LogP contribution is -2.61. The second-order valence-corrected chi connectivity index (χ2v) is 34.3. The summed E-state index contributed by atoms with van der Waals surface area (Å²) in [5.74, 6) is -18.7. The van der Waals surface area contributed by atoms with Gasteiger partial charge in [0, 0.05) is 102 Å². The molecule has 0 unspecified atom stereocenters. The number of thioether (sulfide) groups is 1. The van der Waals surface area contributed by atoms with E-state index in [9.17, 15) is 53.7 Å². The summed E-state index contributed by atoms with van der Waals surface area (Å²) in [6.07, 6.45) is -0.613. The highest BCUT2D eigenvalue weighted by molar-refractivity contribution is 8.00. The number of carbonyl (C=O) groups is 16. The number of phenols is 2. The monoisotopic (exact) mass is 1780 g/mol. The number of nitrogens with zero attached hydrogens (tertiary/aromatic N) is 4. The van der Waals surface area contributed by atoms with E-state index in [0.717, 1.165) is 26.5 Å². The number of hydrogen-bond acceptors (Lipinski definition) is 19. The van der Waals surface area contributed by atoms with Crippen LogP contribution in [-0.4, -0.2) is 248 Å². The molecule has 0 radical (unpaired) electrons. The number of fused-ring (bicyclic) bond motifs is 1. The number of aliphatic carboxylic acids is 1. The molecule has 1 aliphatic rings. The van der Waals surface area contributed by atoms with Crippen LogP contribution in [0.4, 0.5) is 0 Å². The molecule has 13 amide bonds. The number of hydrogen-bond donors (Lipinski definition) is 13. The van der Waals surface area contributed by atoms with Gasteiger partial charge in [0.25, 0.3) is 0 Å². The molecule has 14 N–H and O–H groups in total. The van der Waals surface area contributed by atoms with E-state index in [0.29, 0.717) is 57.1 Å². The van der Waals surface area contributed by atoms with Gasteiger partial charge in [-0.1, -0.05) is 181 Å². The van der Waals surface area contributed by atoms with Gasteiger partial charge in [-0.15, -0.1) is 0 Å². The number of phenolic OH excluding ortho intramolecular Hbond substituents is 2. The summed E-state index contributed by atoms with van der Waals surface area (Å²) in [5, 5.41) is 53.2. The summed E-state index contributed by atoms with van der Waals surface area (Å²) >= 11 is 0.946. The first-order valence-electron chi connectivity index (χ1n) is 42.7. The van der Waals surface area contributed by atoms with Crippen LogP contribution < -0.4 is 48.3 Å². The molecule has 8 rings (SSSR count). The number of nitrogens with two attached hydrogens (primary N) is 1. The fourth-order valence-electron chi connectivity index (χ4n) is 15.1. The molecule has 33 nitrogen and oxygen atoms in total. The number of nitrogens with one attached hydrogen (secondary N) is 9. The van der Waals surface area contributed by atoms with Crippen molar-refractivity contribution in [3.8, 4) is 11.5 Å². The van der Waals surface area contributed by atoms with Crippen molar-refractivity contribution in [3.05, 3.63) is 203 Å². The van der Waals surface area contributed by atoms with Gasteiger partial charge in [-0.25, -0.2) is 0 Å². The number of aromatic amines is 1. The van der Waals surface area contributed by atoms with Crippen LogP contribution in [0.3, 0.4) is 0 Å². The minimum absolute atomic E-state index is 0.0160. The fraction of sp³-hybridized carbons (Fsp3) is 0.426. The van der Waals surface area contributed by atoms with Gasteiger partial charge >= 0.3 is 5.97 Å². The molecule has 1 saturated heterocycles. The second kappa shape index (κ2) is 49.0. The molecule has 2 heterocycles. The Morgan fingerprint density at radius 1 is 0.492 bits per heavy atom. The molecule has 1 fully saturated rings. The first kappa shape index (κ1) is 100. The van der Waals surface area contributed by atoms with Crippen molar-refractivity contribution in [2.24, 2.45) is 29.4 Å². The maximum absolute atomic E-state index is 15.4. The summed E-state index contributed by atoms with van der Waals surface area (Å²) in [4.78, 5) is 242. The molecule has 7 aromatic rings. The Hall–Kier alpha value is -13.3. The first-order valence-corrected chi connectivity index (χ1v) is 43.9. The third kappa shape index (κ3) is 30.8. The predicted octanol–water partition coefficient (Wildman–Crippen LogP) is 4.17. The molecule has 1 aliphatic heterocycles. The number of unbranched alkanes of at least 4 members (excludes halogenated alkanes) is 1. The number of H-pyrrole nitrogens is 1. The van der Waals surface area contributed by atoms with E-state index in [-0.39, 0.29) is 80.3 Å². The number of aromatic nitrogens is 1. The number of benzene rings is 6. The van der Waals surface area contributed by atoms with Crippen LogP contribution >= 0.6 is 11.8 Å². The van der Waals surface area contributed by atoms with Gasteiger partial charge in [-0.3, -0.25) is 76.7 Å². The average molecular weight is 1780 g/mol. The summed E-state index contributed by atoms with van der Waals surface area (Å²) < 4.78 is 0. The lowest BCUT2D eigenvalue weighted by molar-refractivity contribution is -0.147. The Bertz CT molecular complexity index is 5020. The summed E-state index contributed by atoms with van der Waals surface area (Å²) in [6, 6.07) is 30.7. The Morgan fingerprint density at radius 2 is 0.961 bits per heavy atom. The number of likely N-dealkylation sites (N-methyl/N-ethyl adjacent to an activating group) is 4. The molecule has 0 aliphatic carbocycles. The maximum atomic E-state index is 15.4. The number of Topliss-reactive ketones (excluding diaryl/α,β-unsaturated/α-hetero) is 2. The normalized spacial score (nSPS) is 22.0. The Morgan fingerprint density at radius 3 is 1.51 bits per heavy atom. The van der Waals surface area contributed by atoms with Gasteiger partial charge in [0.1, 0.15) is 65.6 Å². The van der Waals surface area contributed by atoms with E-state index in [2.05, 4.69) is 47.5 Å². The second-order valence-electron chi connectivity index (χ2n) is 33.3. The standard InChI is InChI=1S/C94H118N14O19S/c1-10-11-31-77-93(126)106(7)53-82(115)99-74(49-83(116)117)89(122)104-84(57(4)5)94(127)108(9)78(45-60-27-19-14-20-28-60)90(123)103-75(44-62-34-38-67(110)39-35-62)91(124)105(6)52-81(114)98-73(47-64-50-96-70-30-22-21-29-69(64)70)88(121)101-72(42-61-32-36-66(109)37-33-61)87(120)100-71(40-56(2)3)79(112)48-65(85(118)97-51-80(95)113)54-128-55-68(111)46-63(41-58-23-15-12-16-24-58)86(119)102-76(92(125)107(77)8)43-59-25-17-13-18-26-59/h12-30,32-39,50,56-57,63,65,71-78,84,96,109-110H,10-11,31,40-49,51-55H2,1-9H3,(H2,95,113)(H,97,118)(H,98,114)(H,99,115)(H,100,120)(H,101,121)(H,102,119)(H,103,123)(H,104,122)(H,116,117)/t63-,65+,71+,72+,73+,74+,75+,76+,77+,78+,84+/m1/s1. The fourth-order valence-corrected chi connectivity index (χ4v) is 16.2. The Kier molecular flexibility index (Phi) is 38.3. The van der Waals surface area contributed by atoms with Gasteiger partial charge in [-0.05, 0) is 94.8 Å². The Labute approximate surface area is 748 Å². The molecule has 684 valence electrons. The van der Waals surface area contributed by atoms with E-state index in [1.807, 2.05) is 6.92 Å². The predicted molar refractivity (Wildman–Crippen MR) is 480 cm³/mol. The Balaban J connectivity index is 1.20. The number of para-hydroxylation sites is 1. The van der Waals surface area contributed by atoms with Crippen LogP contribution in [0.15, 0.2) is 170 Å². The van der Waals surface area contributed by atoms with Gasteiger partial charge in [0.2, 0.25) is 76.8 Å². The number of ketones is 2. The molecule has 34 heteroatoms. The molecule has 1 aromatic heterocycles. The van der Waals surface area contributed by atoms with Gasteiger partial charge in [-0.2, -0.15) is 11.8 Å². The quantitative estimate of drug-likeness (QED) is 0.0427. The van der Waals surface area contributed by atoms with E-state index in [1.54, 1.807) is 149 Å². The molecule has 0 bridgehead atoms. The van der Waals surface area contributed by atoms with Crippen LogP contribution in [-0.2, 0) is 115 Å². The smallest absolute Gasteiger partial charge is 0.305 e. The van der Waals surface area contributed by atoms with E-state index >= 15 is 38.4 Å². The molecule has 128 heavy (non-hydrogen) atoms. The molecule has 6 aromatic carbocycles. The molecular formula is C94H118N14O19S. The third-order valence-electron chi connectivity index (χ3n) is 22.2. The number of rotatable bonds is 23. The van der Waals surface area contributed by atoms with Crippen molar-refractivity contribution in [1.82, 2.24) is 67.1 Å². The van der Waals surface area contributed by atoms with Crippen LogP contribution in [0.2, 0.25) is 0 Å². The summed E-state index contributed by atoms with van der Waals surface area (Å²) in [7, 11) is 5.18. The van der Waals surface area contributed by atoms with Gasteiger partial charge in [0.15, 0.2) is 5.78 Å². The molecule has 0 spiro atoms. The number of carbonyl (C=O) groups excluding carboxylic acids is 15. The zero-order chi connectivity index (χ0) is 93.4. The van der Waals surface area contributed by atoms with Crippen LogP contribution in [0.5, 0.6) is 11.5 Å². The van der Waals surface area contributed by atoms with Crippen molar-refractivity contribution in [1.29, 1.82) is 0 Å². The number of aromatic hydroxyl groups is 2. The van der Waals surface area contributed by atoms with E-state index in [4.69, 9.17) is 5.73 Å². The minimum atomic E-state index is -1.90. The summed E-state index contributed by atoms with van der Waals surface area (Å²) in [5.41, 5.74) is 9.25. The van der Waals surface area contributed by atoms with Crippen LogP contribution in [0.25, 0.3) is 10.9 Å². The number of carboxylic acids is 1. The topological polar surface area (TPSA) is 485 Å². The van der Waals surface area contributed by atoms with E-state index < -0.39 is 205 Å². The minimum Gasteiger partial charge on any atom is -0.508 e. The molecule has 0 saturated carbocycles. The number of amides is 13. The van der Waals surface area contributed by atoms with Crippen molar-refractivity contribution in [2.75, 3.05) is 59.3 Å². The SMILES string of the molecule is CCCC[C@H]1C(=O)N(C)CC(=O)N[C@@H](CC(=O)O)C(=O)N[C@@H](C(C)C)C(=O)N(C)[C@@H](Cc2ccccc2)C(=O)N[C@@H](Cc2ccc(O)cc2)C(=O)N(C)CC(=O)N[C@@H](Cc2c[nH]c3ccccc23)C(=O)N[C@@H](Cc2ccc(O)cc2)C(=O)N[C@@H](CC(C)C)C(=O)C[C@H](C(=O)NCC(N)=O)CSCC(=O)C[C@@H](Cc2ccccc2)C(=O)N[C@@H](Cc2ccccc2)C(=O)N1C. The van der Waals surface area contributed by atoms with Crippen molar-refractivity contribution in [3.63, 3.8) is 0 Å². The largest absolute Gasteiger partial charge is 0.508 e. The molecule has 11 atom stereocenters. The lowest BCUT2D eigenvalue weighted by atomic mass is 9.92. The molecular weight excluding hydrogens is 1660 g/mol. The van der Waals surface area contributed by atoms with Crippen LogP contribution in [0.1, 0.15) is 113 Å². The van der Waals surface area contributed by atoms with Gasteiger partial charge in [0.05, 0.1) is 43.8 Å². The third-order valence-corrected chi connectivity index (χ3v) is 23.3. The van der Waals surface area contributed by atoms with E-state index in [1.165, 1.54) is 81.6 Å². The summed E-state index contributed by atoms with van der Waals surface area (Å²) in [6.45, 7) is 6.32. The highest BCUT2D eigenvalue weighted by Crippen LogP contribution is 2.26. The number of carboxylic acid groups (broad SMARTS) is 1. The zero-order valence-corrected chi connectivity index (χ0v) is 74.4. The van der Waals surface area contributed by atoms with Crippen molar-refractivity contribution in [2.45, 2.75) is 172 Å².